The summed E-state index contributed by atoms with van der Waals surface area (Å²) in [5, 5.41) is 0. The standard InChI is InChI=1S/C17H21NO6S/c1-18(14-8-9-25(21,22)12-14)16(19)11-24-17(20)7-6-13-4-3-5-15(10-13)23-2/h3-7,10,14H,8-9,11-12H2,1-2H3. The van der Waals surface area contributed by atoms with E-state index in [0.717, 1.165) is 5.56 Å². The largest absolute Gasteiger partial charge is 0.497 e. The molecule has 8 heteroatoms. The average molecular weight is 367 g/mol. The van der Waals surface area contributed by atoms with Crippen molar-refractivity contribution >= 4 is 27.8 Å². The SMILES string of the molecule is COc1cccc(C=CC(=O)OCC(=O)N(C)C2CCS(=O)(=O)C2)c1. The molecule has 25 heavy (non-hydrogen) atoms. The van der Waals surface area contributed by atoms with Gasteiger partial charge in [-0.1, -0.05) is 12.1 Å². The monoisotopic (exact) mass is 367 g/mol. The third-order valence-corrected chi connectivity index (χ3v) is 5.74. The van der Waals surface area contributed by atoms with Crippen LogP contribution in [-0.2, 0) is 24.2 Å². The van der Waals surface area contributed by atoms with E-state index in [-0.39, 0.29) is 17.5 Å². The van der Waals surface area contributed by atoms with Gasteiger partial charge in [0.05, 0.1) is 18.6 Å². The number of carbonyl (C=O) groups is 2. The van der Waals surface area contributed by atoms with Gasteiger partial charge in [-0.2, -0.15) is 0 Å². The summed E-state index contributed by atoms with van der Waals surface area (Å²) >= 11 is 0. The molecule has 1 aliphatic rings. The lowest BCUT2D eigenvalue weighted by Gasteiger charge is -2.22. The Labute approximate surface area is 147 Å². The summed E-state index contributed by atoms with van der Waals surface area (Å²) in [7, 11) is -0.00140. The zero-order chi connectivity index (χ0) is 18.4. The van der Waals surface area contributed by atoms with E-state index in [1.807, 2.05) is 0 Å². The van der Waals surface area contributed by atoms with Crippen LogP contribution in [0.15, 0.2) is 30.3 Å². The Morgan fingerprint density at radius 3 is 2.76 bits per heavy atom. The van der Waals surface area contributed by atoms with Gasteiger partial charge in [0.25, 0.3) is 5.91 Å². The van der Waals surface area contributed by atoms with Gasteiger partial charge in [0.1, 0.15) is 5.75 Å². The fraction of sp³-hybridized carbons (Fsp3) is 0.412. The second kappa shape index (κ2) is 8.15. The molecule has 0 radical (unpaired) electrons. The van der Waals surface area contributed by atoms with Crippen molar-refractivity contribution in [3.05, 3.63) is 35.9 Å². The van der Waals surface area contributed by atoms with Gasteiger partial charge in [-0.3, -0.25) is 4.79 Å². The maximum atomic E-state index is 12.0. The highest BCUT2D eigenvalue weighted by Gasteiger charge is 2.32. The molecule has 2 rings (SSSR count). The topological polar surface area (TPSA) is 90.0 Å². The van der Waals surface area contributed by atoms with Gasteiger partial charge in [-0.15, -0.1) is 0 Å². The molecule has 0 bridgehead atoms. The highest BCUT2D eigenvalue weighted by molar-refractivity contribution is 7.91. The third kappa shape index (κ3) is 5.60. The summed E-state index contributed by atoms with van der Waals surface area (Å²) < 4.78 is 32.9. The van der Waals surface area contributed by atoms with E-state index >= 15 is 0 Å². The lowest BCUT2D eigenvalue weighted by Crippen LogP contribution is -2.40. The number of sulfone groups is 1. The number of nitrogens with zero attached hydrogens (tertiary/aromatic N) is 1. The number of benzene rings is 1. The van der Waals surface area contributed by atoms with Crippen LogP contribution in [0.5, 0.6) is 5.75 Å². The molecule has 0 spiro atoms. The fourth-order valence-corrected chi connectivity index (χ4v) is 4.25. The number of rotatable bonds is 6. The van der Waals surface area contributed by atoms with E-state index in [9.17, 15) is 18.0 Å². The first-order valence-electron chi connectivity index (χ1n) is 7.76. The van der Waals surface area contributed by atoms with Gasteiger partial charge in [0, 0.05) is 19.2 Å². The van der Waals surface area contributed by atoms with Crippen LogP contribution in [0.1, 0.15) is 12.0 Å². The van der Waals surface area contributed by atoms with Crippen LogP contribution in [0, 0.1) is 0 Å². The number of esters is 1. The van der Waals surface area contributed by atoms with E-state index in [2.05, 4.69) is 0 Å². The Morgan fingerprint density at radius 1 is 1.36 bits per heavy atom. The first-order chi connectivity index (χ1) is 11.8. The summed E-state index contributed by atoms with van der Waals surface area (Å²) in [6.45, 7) is -0.422. The molecule has 1 aliphatic heterocycles. The summed E-state index contributed by atoms with van der Waals surface area (Å²) in [5.74, 6) is -0.371. The van der Waals surface area contributed by atoms with Gasteiger partial charge in [-0.25, -0.2) is 13.2 Å². The molecule has 1 atom stereocenters. The van der Waals surface area contributed by atoms with Crippen LogP contribution in [0.4, 0.5) is 0 Å². The average Bonchev–Trinajstić information content (AvgIpc) is 2.97. The number of amides is 1. The summed E-state index contributed by atoms with van der Waals surface area (Å²) in [6.07, 6.45) is 3.19. The van der Waals surface area contributed by atoms with Gasteiger partial charge >= 0.3 is 5.97 Å². The Kier molecular flexibility index (Phi) is 6.19. The molecule has 1 aromatic carbocycles. The van der Waals surface area contributed by atoms with Crippen LogP contribution in [0.25, 0.3) is 6.08 Å². The Morgan fingerprint density at radius 2 is 2.12 bits per heavy atom. The molecule has 1 fully saturated rings. The first kappa shape index (κ1) is 19.0. The summed E-state index contributed by atoms with van der Waals surface area (Å²) in [5.41, 5.74) is 0.760. The zero-order valence-corrected chi connectivity index (χ0v) is 15.0. The number of methoxy groups -OCH3 is 1. The predicted octanol–water partition coefficient (Wildman–Crippen LogP) is 0.897. The predicted molar refractivity (Wildman–Crippen MR) is 92.8 cm³/mol. The minimum absolute atomic E-state index is 0.0427. The molecule has 1 aromatic rings. The quantitative estimate of drug-likeness (QED) is 0.548. The maximum Gasteiger partial charge on any atom is 0.331 e. The highest BCUT2D eigenvalue weighted by Crippen LogP contribution is 2.16. The molecular weight excluding hydrogens is 346 g/mol. The minimum Gasteiger partial charge on any atom is -0.497 e. The Hall–Kier alpha value is -2.35. The van der Waals surface area contributed by atoms with Gasteiger partial charge in [0.15, 0.2) is 16.4 Å². The Balaban J connectivity index is 1.82. The van der Waals surface area contributed by atoms with Crippen molar-refractivity contribution in [2.75, 3.05) is 32.3 Å². The lowest BCUT2D eigenvalue weighted by atomic mass is 10.2. The van der Waals surface area contributed by atoms with Crippen LogP contribution in [0.3, 0.4) is 0 Å². The minimum atomic E-state index is -3.07. The molecule has 136 valence electrons. The molecule has 0 aliphatic carbocycles. The van der Waals surface area contributed by atoms with Crippen LogP contribution >= 0.6 is 0 Å². The number of hydrogen-bond acceptors (Lipinski definition) is 6. The fourth-order valence-electron chi connectivity index (χ4n) is 2.48. The smallest absolute Gasteiger partial charge is 0.331 e. The second-order valence-electron chi connectivity index (χ2n) is 5.78. The van der Waals surface area contributed by atoms with Crippen LogP contribution < -0.4 is 4.74 Å². The second-order valence-corrected chi connectivity index (χ2v) is 8.01. The molecule has 0 saturated carbocycles. The number of hydrogen-bond donors (Lipinski definition) is 0. The van der Waals surface area contributed by atoms with Crippen molar-refractivity contribution in [3.63, 3.8) is 0 Å². The van der Waals surface area contributed by atoms with Crippen molar-refractivity contribution < 1.29 is 27.5 Å². The number of likely N-dealkylation sites (N-methyl/N-ethyl adjacent to an activating group) is 1. The van der Waals surface area contributed by atoms with E-state index in [4.69, 9.17) is 9.47 Å². The molecule has 7 nitrogen and oxygen atoms in total. The molecule has 1 amide bonds. The molecule has 1 unspecified atom stereocenters. The van der Waals surface area contributed by atoms with E-state index < -0.39 is 28.3 Å². The number of ether oxygens (including phenoxy) is 2. The van der Waals surface area contributed by atoms with E-state index in [1.165, 1.54) is 18.0 Å². The normalized spacial score (nSPS) is 18.9. The van der Waals surface area contributed by atoms with Crippen LogP contribution in [-0.4, -0.2) is 63.5 Å². The number of carbonyl (C=O) groups excluding carboxylic acids is 2. The van der Waals surface area contributed by atoms with Crippen molar-refractivity contribution in [1.29, 1.82) is 0 Å². The Bertz CT molecular complexity index is 771. The van der Waals surface area contributed by atoms with Gasteiger partial charge < -0.3 is 14.4 Å². The van der Waals surface area contributed by atoms with Crippen molar-refractivity contribution in [2.45, 2.75) is 12.5 Å². The van der Waals surface area contributed by atoms with Gasteiger partial charge in [0.2, 0.25) is 0 Å². The molecule has 0 aromatic heterocycles. The molecular formula is C17H21NO6S. The van der Waals surface area contributed by atoms with E-state index in [1.54, 1.807) is 37.5 Å². The van der Waals surface area contributed by atoms with Crippen molar-refractivity contribution in [1.82, 2.24) is 4.90 Å². The maximum absolute atomic E-state index is 12.0. The van der Waals surface area contributed by atoms with Crippen molar-refractivity contribution in [3.8, 4) is 5.75 Å². The molecule has 1 heterocycles. The van der Waals surface area contributed by atoms with Crippen LogP contribution in [0.2, 0.25) is 0 Å². The first-order valence-corrected chi connectivity index (χ1v) is 9.58. The third-order valence-electron chi connectivity index (χ3n) is 3.99. The molecule has 0 N–H and O–H groups in total. The van der Waals surface area contributed by atoms with E-state index in [0.29, 0.717) is 12.2 Å². The summed E-state index contributed by atoms with van der Waals surface area (Å²) in [4.78, 5) is 25.1. The zero-order valence-electron chi connectivity index (χ0n) is 14.2. The van der Waals surface area contributed by atoms with Gasteiger partial charge in [-0.05, 0) is 30.2 Å². The highest BCUT2D eigenvalue weighted by atomic mass is 32.2. The molecule has 1 saturated heterocycles. The summed E-state index contributed by atoms with van der Waals surface area (Å²) in [6, 6.07) is 6.77. The lowest BCUT2D eigenvalue weighted by molar-refractivity contribution is -0.148. The van der Waals surface area contributed by atoms with Crippen molar-refractivity contribution in [2.24, 2.45) is 0 Å².